The van der Waals surface area contributed by atoms with Crippen LogP contribution in [-0.4, -0.2) is 57.8 Å². The highest BCUT2D eigenvalue weighted by Gasteiger charge is 2.27. The van der Waals surface area contributed by atoms with Gasteiger partial charge in [0, 0.05) is 38.1 Å². The summed E-state index contributed by atoms with van der Waals surface area (Å²) in [5, 5.41) is 0. The molecule has 0 bridgehead atoms. The molecule has 2 aromatic heterocycles. The number of likely N-dealkylation sites (N-methyl/N-ethyl adjacent to an activating group) is 1. The van der Waals surface area contributed by atoms with Crippen LogP contribution in [0.2, 0.25) is 0 Å². The van der Waals surface area contributed by atoms with Crippen molar-refractivity contribution >= 4 is 11.6 Å². The number of aromatic nitrogens is 2. The second-order valence-corrected chi connectivity index (χ2v) is 7.77. The summed E-state index contributed by atoms with van der Waals surface area (Å²) < 4.78 is 1.98. The first-order valence-electron chi connectivity index (χ1n) is 10.1. The molecule has 1 unspecified atom stereocenters. The number of likely N-dealkylation sites (tertiary alicyclic amines) is 1. The van der Waals surface area contributed by atoms with Gasteiger partial charge in [-0.15, -0.1) is 0 Å². The zero-order valence-corrected chi connectivity index (χ0v) is 16.7. The van der Waals surface area contributed by atoms with Crippen LogP contribution in [-0.2, 0) is 6.42 Å². The summed E-state index contributed by atoms with van der Waals surface area (Å²) in [7, 11) is 1.92. The lowest BCUT2D eigenvalue weighted by Crippen LogP contribution is -2.49. The van der Waals surface area contributed by atoms with Crippen LogP contribution in [0, 0.1) is 6.92 Å². The van der Waals surface area contributed by atoms with Gasteiger partial charge in [0.25, 0.3) is 5.91 Å². The normalized spacial score (nSPS) is 17.7. The predicted octanol–water partition coefficient (Wildman–Crippen LogP) is 3.42. The first kappa shape index (κ1) is 18.7. The number of pyridine rings is 1. The van der Waals surface area contributed by atoms with E-state index in [0.717, 1.165) is 50.2 Å². The monoisotopic (exact) mass is 376 g/mol. The molecule has 1 aliphatic heterocycles. The minimum Gasteiger partial charge on any atom is -0.336 e. The van der Waals surface area contributed by atoms with Crippen molar-refractivity contribution in [3.63, 3.8) is 0 Å². The molecule has 0 N–H and O–H groups in total. The fourth-order valence-electron chi connectivity index (χ4n) is 4.08. The first-order valence-corrected chi connectivity index (χ1v) is 10.1. The number of hydrogen-bond donors (Lipinski definition) is 0. The molecule has 3 aromatic rings. The molecular weight excluding hydrogens is 348 g/mol. The van der Waals surface area contributed by atoms with Crippen LogP contribution in [0.5, 0.6) is 0 Å². The van der Waals surface area contributed by atoms with E-state index in [1.54, 1.807) is 0 Å². The number of nitrogens with zero attached hydrogens (tertiary/aromatic N) is 4. The number of fused-ring (bicyclic) bond motifs is 1. The molecule has 28 heavy (non-hydrogen) atoms. The maximum absolute atomic E-state index is 13.0. The molecule has 5 heteroatoms. The van der Waals surface area contributed by atoms with Gasteiger partial charge >= 0.3 is 0 Å². The Morgan fingerprint density at radius 2 is 2.00 bits per heavy atom. The van der Waals surface area contributed by atoms with Gasteiger partial charge in [0.1, 0.15) is 11.3 Å². The van der Waals surface area contributed by atoms with E-state index in [9.17, 15) is 4.79 Å². The lowest BCUT2D eigenvalue weighted by molar-refractivity contribution is 0.0614. The molecule has 1 fully saturated rings. The molecular formula is C23H28N4O. The summed E-state index contributed by atoms with van der Waals surface area (Å²) in [4.78, 5) is 22.0. The van der Waals surface area contributed by atoms with Crippen molar-refractivity contribution in [2.45, 2.75) is 32.2 Å². The third kappa shape index (κ3) is 3.94. The standard InChI is InChI=1S/C23H28N4O/c1-18-8-6-12-22-24-21(17-27(18)22)23(28)25(2)20-11-7-14-26(16-20)15-13-19-9-4-3-5-10-19/h3-6,8-10,12,17,20H,7,11,13-16H2,1-2H3. The second kappa shape index (κ2) is 8.15. The lowest BCUT2D eigenvalue weighted by Gasteiger charge is -2.37. The zero-order chi connectivity index (χ0) is 19.5. The predicted molar refractivity (Wildman–Crippen MR) is 112 cm³/mol. The molecule has 0 saturated carbocycles. The number of piperidine rings is 1. The van der Waals surface area contributed by atoms with Gasteiger partial charge in [-0.25, -0.2) is 4.98 Å². The third-order valence-corrected chi connectivity index (χ3v) is 5.82. The van der Waals surface area contributed by atoms with Crippen molar-refractivity contribution in [3.05, 3.63) is 71.7 Å². The van der Waals surface area contributed by atoms with Gasteiger partial charge in [-0.05, 0) is 50.4 Å². The quantitative estimate of drug-likeness (QED) is 0.685. The fourth-order valence-corrected chi connectivity index (χ4v) is 4.08. The van der Waals surface area contributed by atoms with Crippen LogP contribution in [0.3, 0.4) is 0 Å². The van der Waals surface area contributed by atoms with Crippen molar-refractivity contribution in [3.8, 4) is 0 Å². The summed E-state index contributed by atoms with van der Waals surface area (Å²) in [5.74, 6) is 0.0120. The number of amides is 1. The molecule has 3 heterocycles. The average molecular weight is 377 g/mol. The van der Waals surface area contributed by atoms with Crippen LogP contribution >= 0.6 is 0 Å². The SMILES string of the molecule is Cc1cccc2nc(C(=O)N(C)C3CCCN(CCc4ccccc4)C3)cn12. The first-order chi connectivity index (χ1) is 13.6. The number of aryl methyl sites for hydroxylation is 1. The molecule has 4 rings (SSSR count). The van der Waals surface area contributed by atoms with Crippen LogP contribution in [0.1, 0.15) is 34.6 Å². The molecule has 0 aliphatic carbocycles. The summed E-state index contributed by atoms with van der Waals surface area (Å²) in [6.07, 6.45) is 5.09. The fraction of sp³-hybridized carbons (Fsp3) is 0.391. The number of carbonyl (C=O) groups excluding carboxylic acids is 1. The maximum Gasteiger partial charge on any atom is 0.274 e. The number of benzene rings is 1. The zero-order valence-electron chi connectivity index (χ0n) is 16.7. The van der Waals surface area contributed by atoms with Gasteiger partial charge in [0.15, 0.2) is 0 Å². The highest BCUT2D eigenvalue weighted by molar-refractivity contribution is 5.93. The Morgan fingerprint density at radius 3 is 2.79 bits per heavy atom. The molecule has 1 amide bonds. The van der Waals surface area contributed by atoms with E-state index in [-0.39, 0.29) is 11.9 Å². The molecule has 146 valence electrons. The van der Waals surface area contributed by atoms with Crippen LogP contribution in [0.25, 0.3) is 5.65 Å². The van der Waals surface area contributed by atoms with Gasteiger partial charge < -0.3 is 14.2 Å². The van der Waals surface area contributed by atoms with Crippen molar-refractivity contribution in [1.82, 2.24) is 19.2 Å². The molecule has 1 saturated heterocycles. The number of carbonyl (C=O) groups is 1. The van der Waals surface area contributed by atoms with Crippen molar-refractivity contribution in [2.24, 2.45) is 0 Å². The molecule has 1 atom stereocenters. The van der Waals surface area contributed by atoms with Gasteiger partial charge in [0.05, 0.1) is 0 Å². The third-order valence-electron chi connectivity index (χ3n) is 5.82. The van der Waals surface area contributed by atoms with Crippen molar-refractivity contribution < 1.29 is 4.79 Å². The summed E-state index contributed by atoms with van der Waals surface area (Å²) in [6.45, 7) is 5.11. The smallest absolute Gasteiger partial charge is 0.274 e. The van der Waals surface area contributed by atoms with Crippen molar-refractivity contribution in [2.75, 3.05) is 26.7 Å². The average Bonchev–Trinajstić information content (AvgIpc) is 3.18. The maximum atomic E-state index is 13.0. The number of rotatable bonds is 5. The Bertz CT molecular complexity index is 950. The summed E-state index contributed by atoms with van der Waals surface area (Å²) in [5.41, 5.74) is 3.80. The van der Waals surface area contributed by atoms with Gasteiger partial charge in [-0.3, -0.25) is 4.79 Å². The number of hydrogen-bond acceptors (Lipinski definition) is 3. The van der Waals surface area contributed by atoms with E-state index in [1.807, 2.05) is 47.7 Å². The van der Waals surface area contributed by atoms with E-state index >= 15 is 0 Å². The Balaban J connectivity index is 1.40. The minimum atomic E-state index is 0.0120. The Labute approximate surface area is 166 Å². The topological polar surface area (TPSA) is 40.9 Å². The van der Waals surface area contributed by atoms with Gasteiger partial charge in [-0.1, -0.05) is 36.4 Å². The molecule has 0 radical (unpaired) electrons. The summed E-state index contributed by atoms with van der Waals surface area (Å²) in [6, 6.07) is 16.8. The molecule has 1 aliphatic rings. The molecule has 5 nitrogen and oxygen atoms in total. The van der Waals surface area contributed by atoms with E-state index < -0.39 is 0 Å². The summed E-state index contributed by atoms with van der Waals surface area (Å²) >= 11 is 0. The van der Waals surface area contributed by atoms with Crippen molar-refractivity contribution in [1.29, 1.82) is 0 Å². The Hall–Kier alpha value is -2.66. The highest BCUT2D eigenvalue weighted by Crippen LogP contribution is 2.18. The minimum absolute atomic E-state index is 0.0120. The highest BCUT2D eigenvalue weighted by atomic mass is 16.2. The number of imidazole rings is 1. The molecule has 1 aromatic carbocycles. The second-order valence-electron chi connectivity index (χ2n) is 7.77. The lowest BCUT2D eigenvalue weighted by atomic mass is 10.0. The largest absolute Gasteiger partial charge is 0.336 e. The van der Waals surface area contributed by atoms with E-state index in [2.05, 4.69) is 40.2 Å². The van der Waals surface area contributed by atoms with E-state index in [1.165, 1.54) is 5.56 Å². The Kier molecular flexibility index (Phi) is 5.44. The van der Waals surface area contributed by atoms with Crippen LogP contribution in [0.15, 0.2) is 54.7 Å². The van der Waals surface area contributed by atoms with E-state index in [0.29, 0.717) is 5.69 Å². The van der Waals surface area contributed by atoms with Crippen LogP contribution in [0.4, 0.5) is 0 Å². The van der Waals surface area contributed by atoms with E-state index in [4.69, 9.17) is 0 Å². The van der Waals surface area contributed by atoms with Gasteiger partial charge in [-0.2, -0.15) is 0 Å². The van der Waals surface area contributed by atoms with Crippen LogP contribution < -0.4 is 0 Å². The van der Waals surface area contributed by atoms with Gasteiger partial charge in [0.2, 0.25) is 0 Å². The Morgan fingerprint density at radius 1 is 1.18 bits per heavy atom. The molecule has 0 spiro atoms.